The molecule has 1 amide bonds. The third-order valence-electron chi connectivity index (χ3n) is 3.89. The summed E-state index contributed by atoms with van der Waals surface area (Å²) in [5.74, 6) is -1.74. The molecule has 0 spiro atoms. The quantitative estimate of drug-likeness (QED) is 0.282. The van der Waals surface area contributed by atoms with Crippen LogP contribution >= 0.6 is 12.4 Å². The van der Waals surface area contributed by atoms with Crippen molar-refractivity contribution < 1.29 is 28.3 Å². The topological polar surface area (TPSA) is 148 Å². The van der Waals surface area contributed by atoms with Crippen LogP contribution in [0.1, 0.15) is 36.7 Å². The van der Waals surface area contributed by atoms with E-state index in [1.54, 1.807) is 0 Å². The monoisotopic (exact) mass is 434 g/mol. The van der Waals surface area contributed by atoms with E-state index >= 15 is 0 Å². The van der Waals surface area contributed by atoms with Crippen LogP contribution in [0, 0.1) is 11.6 Å². The van der Waals surface area contributed by atoms with E-state index in [9.17, 15) is 13.6 Å². The summed E-state index contributed by atoms with van der Waals surface area (Å²) in [4.78, 5) is 12.1. The van der Waals surface area contributed by atoms with Gasteiger partial charge in [-0.2, -0.15) is 0 Å². The molecule has 1 aromatic carbocycles. The zero-order valence-corrected chi connectivity index (χ0v) is 16.2. The van der Waals surface area contributed by atoms with Gasteiger partial charge in [-0.25, -0.2) is 13.5 Å². The molecule has 1 unspecified atom stereocenters. The average Bonchev–Trinajstić information content (AvgIpc) is 3.08. The van der Waals surface area contributed by atoms with Crippen molar-refractivity contribution in [2.45, 2.75) is 38.4 Å². The van der Waals surface area contributed by atoms with Crippen molar-refractivity contribution in [3.63, 3.8) is 0 Å². The Morgan fingerprint density at radius 1 is 1.31 bits per heavy atom. The number of amides is 1. The van der Waals surface area contributed by atoms with Gasteiger partial charge in [-0.15, -0.1) is 17.5 Å². The second kappa shape index (κ2) is 12.4. The molecule has 10 nitrogen and oxygen atoms in total. The number of carbonyl (C=O) groups excluding carboxylic acids is 1. The van der Waals surface area contributed by atoms with Crippen LogP contribution in [0.3, 0.4) is 0 Å². The molecule has 29 heavy (non-hydrogen) atoms. The highest BCUT2D eigenvalue weighted by Crippen LogP contribution is 2.14. The molecular formula is C15H22BClF2N6O4. The molecule has 0 fully saturated rings. The van der Waals surface area contributed by atoms with Crippen molar-refractivity contribution in [2.75, 3.05) is 6.61 Å². The fourth-order valence-corrected chi connectivity index (χ4v) is 2.45. The molecule has 0 aliphatic heterocycles. The smallest absolute Gasteiger partial charge is 0.402 e. The minimum Gasteiger partial charge on any atom is -0.402 e. The highest BCUT2D eigenvalue weighted by molar-refractivity contribution is 6.32. The minimum atomic E-state index is -1.81. The van der Waals surface area contributed by atoms with Crippen LogP contribution in [0.5, 0.6) is 0 Å². The minimum absolute atomic E-state index is 0. The molecule has 0 saturated heterocycles. The van der Waals surface area contributed by atoms with Crippen molar-refractivity contribution in [2.24, 2.45) is 5.73 Å². The molecule has 2 aromatic rings. The van der Waals surface area contributed by atoms with Crippen molar-refractivity contribution in [3.05, 3.63) is 41.2 Å². The number of benzene rings is 1. The second-order valence-electron chi connectivity index (χ2n) is 5.97. The largest absolute Gasteiger partial charge is 0.633 e. The van der Waals surface area contributed by atoms with Crippen LogP contribution < -0.4 is 11.1 Å². The third-order valence-corrected chi connectivity index (χ3v) is 3.89. The van der Waals surface area contributed by atoms with E-state index in [1.807, 2.05) is 0 Å². The van der Waals surface area contributed by atoms with E-state index < -0.39 is 30.9 Å². The van der Waals surface area contributed by atoms with Gasteiger partial charge in [0, 0.05) is 18.7 Å². The maximum absolute atomic E-state index is 13.6. The van der Waals surface area contributed by atoms with Gasteiger partial charge < -0.3 is 25.8 Å². The number of aromatic nitrogens is 4. The molecule has 5 N–H and O–H groups in total. The molecule has 1 heterocycles. The summed E-state index contributed by atoms with van der Waals surface area (Å²) in [6, 6.07) is 2.90. The number of carbonyl (C=O) groups is 1. The Hall–Kier alpha value is -2.19. The standard InChI is InChI=1S/C15H21BF2N6O4.ClH/c17-11-4-3-5-12(18)10(11)8-20-14(25)9-24-15(21-22-23-24)13(19)6-1-2-7-28-16(26)27;/h3-5,13,26-27H,1-2,6-9,19H2,(H,20,25);1H. The molecule has 14 heteroatoms. The lowest BCUT2D eigenvalue weighted by molar-refractivity contribution is -0.122. The molecule has 1 atom stereocenters. The Labute approximate surface area is 172 Å². The highest BCUT2D eigenvalue weighted by Gasteiger charge is 2.18. The normalized spacial score (nSPS) is 11.6. The van der Waals surface area contributed by atoms with Gasteiger partial charge in [0.1, 0.15) is 18.2 Å². The Balaban J connectivity index is 0.00000420. The molecule has 160 valence electrons. The number of halogens is 3. The van der Waals surface area contributed by atoms with Gasteiger partial charge in [0.2, 0.25) is 5.91 Å². The van der Waals surface area contributed by atoms with Crippen LogP contribution in [0.2, 0.25) is 0 Å². The van der Waals surface area contributed by atoms with Gasteiger partial charge in [0.15, 0.2) is 5.82 Å². The van der Waals surface area contributed by atoms with E-state index in [0.29, 0.717) is 19.3 Å². The van der Waals surface area contributed by atoms with E-state index in [1.165, 1.54) is 10.7 Å². The molecule has 0 bridgehead atoms. The Bertz CT molecular complexity index is 765. The van der Waals surface area contributed by atoms with Gasteiger partial charge in [-0.3, -0.25) is 4.79 Å². The van der Waals surface area contributed by atoms with Crippen molar-refractivity contribution in [3.8, 4) is 0 Å². The van der Waals surface area contributed by atoms with Crippen LogP contribution in [0.4, 0.5) is 8.78 Å². The third kappa shape index (κ3) is 7.99. The molecule has 2 rings (SSSR count). The molecule has 0 aliphatic rings. The molecule has 0 radical (unpaired) electrons. The fourth-order valence-electron chi connectivity index (χ4n) is 2.45. The average molecular weight is 435 g/mol. The van der Waals surface area contributed by atoms with Gasteiger partial charge in [-0.1, -0.05) is 6.07 Å². The summed E-state index contributed by atoms with van der Waals surface area (Å²) in [6.07, 6.45) is 1.63. The molecule has 0 saturated carbocycles. The van der Waals surface area contributed by atoms with Gasteiger partial charge in [0.05, 0.1) is 6.04 Å². The van der Waals surface area contributed by atoms with Crippen LogP contribution in [-0.4, -0.2) is 50.1 Å². The summed E-state index contributed by atoms with van der Waals surface area (Å²) in [6.45, 7) is -0.409. The summed E-state index contributed by atoms with van der Waals surface area (Å²) in [5.41, 5.74) is 5.79. The lowest BCUT2D eigenvalue weighted by Gasteiger charge is -2.12. The van der Waals surface area contributed by atoms with E-state index in [-0.39, 0.29) is 43.5 Å². The molecular weight excluding hydrogens is 412 g/mol. The predicted molar refractivity (Wildman–Crippen MR) is 100 cm³/mol. The Morgan fingerprint density at radius 2 is 2.00 bits per heavy atom. The van der Waals surface area contributed by atoms with Crippen molar-refractivity contribution >= 4 is 25.6 Å². The zero-order valence-electron chi connectivity index (χ0n) is 15.4. The first kappa shape index (κ1) is 24.9. The number of hydrogen-bond acceptors (Lipinski definition) is 8. The number of nitrogens with one attached hydrogen (secondary N) is 1. The van der Waals surface area contributed by atoms with E-state index in [4.69, 9.17) is 15.8 Å². The highest BCUT2D eigenvalue weighted by atomic mass is 35.5. The summed E-state index contributed by atoms with van der Waals surface area (Å²) in [5, 5.41) is 30.6. The first-order valence-electron chi connectivity index (χ1n) is 8.57. The number of nitrogens with two attached hydrogens (primary N) is 1. The number of hydrogen-bond donors (Lipinski definition) is 4. The van der Waals surface area contributed by atoms with Crippen LogP contribution in [-0.2, 0) is 22.5 Å². The number of nitrogens with zero attached hydrogens (tertiary/aromatic N) is 4. The zero-order chi connectivity index (χ0) is 20.5. The maximum atomic E-state index is 13.6. The van der Waals surface area contributed by atoms with Crippen LogP contribution in [0.15, 0.2) is 18.2 Å². The maximum Gasteiger partial charge on any atom is 0.633 e. The summed E-state index contributed by atoms with van der Waals surface area (Å²) < 4.78 is 33.0. The lowest BCUT2D eigenvalue weighted by Crippen LogP contribution is -2.30. The lowest BCUT2D eigenvalue weighted by atomic mass is 10.1. The van der Waals surface area contributed by atoms with Gasteiger partial charge >= 0.3 is 7.32 Å². The Kier molecular flexibility index (Phi) is 10.6. The SMILES string of the molecule is Cl.NC(CCCCOB(O)O)c1nnnn1CC(=O)NCc1c(F)cccc1F. The second-order valence-corrected chi connectivity index (χ2v) is 5.97. The van der Waals surface area contributed by atoms with E-state index in [2.05, 4.69) is 25.5 Å². The fraction of sp³-hybridized carbons (Fsp3) is 0.467. The summed E-state index contributed by atoms with van der Waals surface area (Å²) >= 11 is 0. The van der Waals surface area contributed by atoms with Crippen LogP contribution in [0.25, 0.3) is 0 Å². The number of unbranched alkanes of at least 4 members (excludes halogenated alkanes) is 1. The molecule has 1 aromatic heterocycles. The van der Waals surface area contributed by atoms with E-state index in [0.717, 1.165) is 12.1 Å². The number of tetrazole rings is 1. The predicted octanol–water partition coefficient (Wildman–Crippen LogP) is -0.154. The van der Waals surface area contributed by atoms with Crippen molar-refractivity contribution in [1.29, 1.82) is 0 Å². The van der Waals surface area contributed by atoms with Gasteiger partial charge in [-0.05, 0) is 41.8 Å². The first-order chi connectivity index (χ1) is 13.4. The van der Waals surface area contributed by atoms with Crippen molar-refractivity contribution in [1.82, 2.24) is 25.5 Å². The Morgan fingerprint density at radius 3 is 2.66 bits per heavy atom. The summed E-state index contributed by atoms with van der Waals surface area (Å²) in [7, 11) is -1.81. The molecule has 0 aliphatic carbocycles. The first-order valence-corrected chi connectivity index (χ1v) is 8.57. The van der Waals surface area contributed by atoms with Gasteiger partial charge in [0.25, 0.3) is 0 Å². The number of rotatable bonds is 11.